The fourth-order valence-electron chi connectivity index (χ4n) is 2.37. The Hall–Kier alpha value is -2.48. The molecule has 0 radical (unpaired) electrons. The monoisotopic (exact) mass is 426 g/mol. The molecule has 3 rings (SSSR count). The topological polar surface area (TPSA) is 90.9 Å². The number of fused-ring (bicyclic) bond motifs is 1. The van der Waals surface area contributed by atoms with E-state index < -0.39 is 5.54 Å². The Balaban J connectivity index is 0.00000196. The van der Waals surface area contributed by atoms with Crippen molar-refractivity contribution in [1.29, 1.82) is 0 Å². The highest BCUT2D eigenvalue weighted by molar-refractivity contribution is 5.97. The summed E-state index contributed by atoms with van der Waals surface area (Å²) in [6, 6.07) is 11.0. The van der Waals surface area contributed by atoms with Crippen molar-refractivity contribution < 1.29 is 14.3 Å². The van der Waals surface area contributed by atoms with E-state index in [1.807, 2.05) is 35.0 Å². The summed E-state index contributed by atoms with van der Waals surface area (Å²) in [7, 11) is 1.56. The number of carbonyl (C=O) groups is 1. The number of carbonyl (C=O) groups excluding carboxylic acids is 1. The van der Waals surface area contributed by atoms with Gasteiger partial charge >= 0.3 is 0 Å². The Labute approximate surface area is 176 Å². The lowest BCUT2D eigenvalue weighted by Crippen LogP contribution is -2.45. The number of hydrogen-bond acceptors (Lipinski definition) is 5. The van der Waals surface area contributed by atoms with E-state index in [1.165, 1.54) is 0 Å². The van der Waals surface area contributed by atoms with Crippen molar-refractivity contribution in [2.24, 2.45) is 5.73 Å². The van der Waals surface area contributed by atoms with Gasteiger partial charge in [-0.1, -0.05) is 6.07 Å². The number of nitrogens with two attached hydrogens (primary N) is 1. The van der Waals surface area contributed by atoms with Gasteiger partial charge in [0.25, 0.3) is 0 Å². The van der Waals surface area contributed by atoms with E-state index in [9.17, 15) is 4.79 Å². The van der Waals surface area contributed by atoms with E-state index in [0.717, 1.165) is 11.3 Å². The summed E-state index contributed by atoms with van der Waals surface area (Å²) < 4.78 is 13.1. The number of methoxy groups -OCH3 is 1. The number of anilines is 1. The number of imidazole rings is 1. The second-order valence-electron chi connectivity index (χ2n) is 6.53. The van der Waals surface area contributed by atoms with Crippen LogP contribution in [0.5, 0.6) is 11.5 Å². The van der Waals surface area contributed by atoms with Crippen molar-refractivity contribution >= 4 is 42.1 Å². The van der Waals surface area contributed by atoms with Crippen LogP contribution >= 0.6 is 24.8 Å². The molecule has 0 saturated heterocycles. The normalized spacial score (nSPS) is 10.6. The average Bonchev–Trinajstić information content (AvgIpc) is 3.02. The van der Waals surface area contributed by atoms with Crippen LogP contribution < -0.4 is 20.5 Å². The zero-order valence-corrected chi connectivity index (χ0v) is 17.5. The van der Waals surface area contributed by atoms with Gasteiger partial charge in [-0.3, -0.25) is 4.79 Å². The molecule has 9 heteroatoms. The number of halogens is 2. The van der Waals surface area contributed by atoms with E-state index >= 15 is 0 Å². The van der Waals surface area contributed by atoms with Gasteiger partial charge in [-0.25, -0.2) is 4.98 Å². The number of benzene rings is 1. The van der Waals surface area contributed by atoms with Gasteiger partial charge in [0, 0.05) is 24.1 Å². The summed E-state index contributed by atoms with van der Waals surface area (Å²) in [5.74, 6) is 0.796. The predicted molar refractivity (Wildman–Crippen MR) is 114 cm³/mol. The standard InChI is InChI=1S/C19H22N4O3.2ClH/c1-19(2,20)18(24)22-13-7-8-15(25-3)16(10-13)26-12-14-11-23-9-5-4-6-17(23)21-14;;/h4-11H,12,20H2,1-3H3,(H,22,24);2*1H. The molecule has 1 amide bonds. The highest BCUT2D eigenvalue weighted by Crippen LogP contribution is 2.31. The smallest absolute Gasteiger partial charge is 0.243 e. The Kier molecular flexibility index (Phi) is 8.11. The molecule has 28 heavy (non-hydrogen) atoms. The van der Waals surface area contributed by atoms with Crippen LogP contribution in [-0.2, 0) is 11.4 Å². The summed E-state index contributed by atoms with van der Waals surface area (Å²) in [6.07, 6.45) is 3.83. The number of hydrogen-bond donors (Lipinski definition) is 2. The molecule has 0 bridgehead atoms. The van der Waals surface area contributed by atoms with Gasteiger partial charge in [-0.2, -0.15) is 0 Å². The van der Waals surface area contributed by atoms with Crippen molar-refractivity contribution in [3.63, 3.8) is 0 Å². The lowest BCUT2D eigenvalue weighted by Gasteiger charge is -2.18. The zero-order chi connectivity index (χ0) is 18.7. The van der Waals surface area contributed by atoms with Crippen molar-refractivity contribution in [2.45, 2.75) is 26.0 Å². The highest BCUT2D eigenvalue weighted by atomic mass is 35.5. The van der Waals surface area contributed by atoms with Crippen LogP contribution in [-0.4, -0.2) is 27.9 Å². The quantitative estimate of drug-likeness (QED) is 0.629. The van der Waals surface area contributed by atoms with Crippen molar-refractivity contribution in [3.05, 3.63) is 54.5 Å². The SMILES string of the molecule is COc1ccc(NC(=O)C(C)(C)N)cc1OCc1cn2ccccc2n1.Cl.Cl. The Morgan fingerprint density at radius 3 is 2.61 bits per heavy atom. The maximum absolute atomic E-state index is 12.1. The van der Waals surface area contributed by atoms with Gasteiger partial charge in [0.2, 0.25) is 5.91 Å². The molecular formula is C19H24Cl2N4O3. The van der Waals surface area contributed by atoms with Crippen molar-refractivity contribution in [2.75, 3.05) is 12.4 Å². The molecular weight excluding hydrogens is 403 g/mol. The highest BCUT2D eigenvalue weighted by Gasteiger charge is 2.22. The van der Waals surface area contributed by atoms with Crippen LogP contribution in [0.4, 0.5) is 5.69 Å². The van der Waals surface area contributed by atoms with Gasteiger partial charge in [0.15, 0.2) is 11.5 Å². The predicted octanol–water partition coefficient (Wildman–Crippen LogP) is 3.44. The summed E-state index contributed by atoms with van der Waals surface area (Å²) in [4.78, 5) is 16.6. The third kappa shape index (κ3) is 5.51. The second kappa shape index (κ2) is 9.64. The summed E-state index contributed by atoms with van der Waals surface area (Å²) >= 11 is 0. The van der Waals surface area contributed by atoms with E-state index in [0.29, 0.717) is 17.2 Å². The molecule has 0 fully saturated rings. The van der Waals surface area contributed by atoms with Crippen LogP contribution in [0, 0.1) is 0 Å². The number of nitrogens with zero attached hydrogens (tertiary/aromatic N) is 2. The lowest BCUT2D eigenvalue weighted by molar-refractivity contribution is -0.120. The minimum Gasteiger partial charge on any atom is -0.493 e. The van der Waals surface area contributed by atoms with E-state index in [4.69, 9.17) is 15.2 Å². The van der Waals surface area contributed by atoms with Crippen LogP contribution in [0.1, 0.15) is 19.5 Å². The number of nitrogens with one attached hydrogen (secondary N) is 1. The van der Waals surface area contributed by atoms with E-state index in [2.05, 4.69) is 10.3 Å². The molecule has 0 saturated carbocycles. The van der Waals surface area contributed by atoms with Crippen molar-refractivity contribution in [3.8, 4) is 11.5 Å². The molecule has 0 aliphatic carbocycles. The molecule has 0 unspecified atom stereocenters. The van der Waals surface area contributed by atoms with E-state index in [1.54, 1.807) is 39.2 Å². The Bertz CT molecular complexity index is 905. The molecule has 2 aromatic heterocycles. The fraction of sp³-hybridized carbons (Fsp3) is 0.263. The van der Waals surface area contributed by atoms with Crippen LogP contribution in [0.15, 0.2) is 48.8 Å². The first-order valence-electron chi connectivity index (χ1n) is 8.20. The molecule has 3 aromatic rings. The summed E-state index contributed by atoms with van der Waals surface area (Å²) in [5.41, 5.74) is 7.06. The first-order valence-corrected chi connectivity index (χ1v) is 8.20. The molecule has 0 atom stereocenters. The molecule has 0 aliphatic heterocycles. The fourth-order valence-corrected chi connectivity index (χ4v) is 2.37. The Morgan fingerprint density at radius 2 is 1.96 bits per heavy atom. The third-order valence-corrected chi connectivity index (χ3v) is 3.80. The molecule has 0 aliphatic rings. The van der Waals surface area contributed by atoms with Crippen LogP contribution in [0.3, 0.4) is 0 Å². The Morgan fingerprint density at radius 1 is 1.21 bits per heavy atom. The first kappa shape index (κ1) is 23.6. The number of ether oxygens (including phenoxy) is 2. The molecule has 2 heterocycles. The minimum absolute atomic E-state index is 0. The number of rotatable bonds is 6. The van der Waals surface area contributed by atoms with Gasteiger partial charge in [-0.15, -0.1) is 24.8 Å². The summed E-state index contributed by atoms with van der Waals surface area (Å²) in [5, 5.41) is 2.77. The molecule has 0 spiro atoms. The average molecular weight is 427 g/mol. The van der Waals surface area contributed by atoms with Gasteiger partial charge in [0.05, 0.1) is 18.3 Å². The number of aromatic nitrogens is 2. The number of amides is 1. The summed E-state index contributed by atoms with van der Waals surface area (Å²) in [6.45, 7) is 3.57. The molecule has 3 N–H and O–H groups in total. The second-order valence-corrected chi connectivity index (χ2v) is 6.53. The molecule has 1 aromatic carbocycles. The molecule has 152 valence electrons. The largest absolute Gasteiger partial charge is 0.493 e. The van der Waals surface area contributed by atoms with Gasteiger partial charge in [0.1, 0.15) is 12.3 Å². The maximum Gasteiger partial charge on any atom is 0.243 e. The van der Waals surface area contributed by atoms with Gasteiger partial charge < -0.3 is 24.9 Å². The third-order valence-electron chi connectivity index (χ3n) is 3.80. The van der Waals surface area contributed by atoms with Crippen LogP contribution in [0.2, 0.25) is 0 Å². The zero-order valence-electron chi connectivity index (χ0n) is 15.8. The molecule has 7 nitrogen and oxygen atoms in total. The number of pyridine rings is 1. The van der Waals surface area contributed by atoms with E-state index in [-0.39, 0.29) is 37.3 Å². The van der Waals surface area contributed by atoms with Crippen molar-refractivity contribution in [1.82, 2.24) is 9.38 Å². The minimum atomic E-state index is -0.975. The van der Waals surface area contributed by atoms with Gasteiger partial charge in [-0.05, 0) is 38.1 Å². The first-order chi connectivity index (χ1) is 12.4. The maximum atomic E-state index is 12.1. The lowest BCUT2D eigenvalue weighted by atomic mass is 10.1. The van der Waals surface area contributed by atoms with Crippen LogP contribution in [0.25, 0.3) is 5.65 Å².